The third-order valence-corrected chi connectivity index (χ3v) is 4.64. The van der Waals surface area contributed by atoms with Crippen molar-refractivity contribution in [3.05, 3.63) is 30.1 Å². The van der Waals surface area contributed by atoms with Crippen LogP contribution < -0.4 is 10.2 Å². The molecule has 0 radical (unpaired) electrons. The zero-order valence-corrected chi connectivity index (χ0v) is 13.3. The van der Waals surface area contributed by atoms with Gasteiger partial charge in [-0.05, 0) is 44.4 Å². The van der Waals surface area contributed by atoms with Crippen molar-refractivity contribution in [2.75, 3.05) is 18.0 Å². The molecule has 23 heavy (non-hydrogen) atoms. The Labute approximate surface area is 135 Å². The zero-order chi connectivity index (χ0) is 16.4. The number of halogens is 1. The largest absolute Gasteiger partial charge is 0.333 e. The molecule has 2 aliphatic heterocycles. The minimum Gasteiger partial charge on any atom is -0.333 e. The van der Waals surface area contributed by atoms with Gasteiger partial charge in [0.1, 0.15) is 5.82 Å². The highest BCUT2D eigenvalue weighted by atomic mass is 19.1. The summed E-state index contributed by atoms with van der Waals surface area (Å²) in [5.41, 5.74) is 0.540. The molecule has 0 saturated carbocycles. The van der Waals surface area contributed by atoms with Gasteiger partial charge in [0.15, 0.2) is 0 Å². The van der Waals surface area contributed by atoms with Crippen molar-refractivity contribution in [3.8, 4) is 0 Å². The number of piperidine rings is 1. The van der Waals surface area contributed by atoms with Gasteiger partial charge in [0.2, 0.25) is 5.91 Å². The molecule has 2 saturated heterocycles. The second-order valence-electron chi connectivity index (χ2n) is 6.37. The number of anilines is 1. The number of likely N-dealkylation sites (tertiary alicyclic amines) is 1. The van der Waals surface area contributed by atoms with E-state index in [9.17, 15) is 14.0 Å². The number of rotatable bonds is 2. The first-order chi connectivity index (χ1) is 11.0. The van der Waals surface area contributed by atoms with Crippen LogP contribution in [0.5, 0.6) is 0 Å². The lowest BCUT2D eigenvalue weighted by molar-refractivity contribution is -0.117. The van der Waals surface area contributed by atoms with Crippen molar-refractivity contribution in [3.63, 3.8) is 0 Å². The quantitative estimate of drug-likeness (QED) is 0.910. The summed E-state index contributed by atoms with van der Waals surface area (Å²) in [5.74, 6) is -0.461. The zero-order valence-electron chi connectivity index (χ0n) is 13.3. The topological polar surface area (TPSA) is 52.7 Å². The smallest absolute Gasteiger partial charge is 0.317 e. The SMILES string of the molecule is C[C@@H]1CCCCN1C(=O)N[C@H]1CC(=O)N(c2cccc(F)c2)C1. The van der Waals surface area contributed by atoms with Gasteiger partial charge < -0.3 is 15.1 Å². The number of benzene rings is 1. The number of amides is 3. The van der Waals surface area contributed by atoms with E-state index >= 15 is 0 Å². The molecule has 2 heterocycles. The first-order valence-electron chi connectivity index (χ1n) is 8.17. The predicted octanol–water partition coefficient (Wildman–Crippen LogP) is 2.52. The van der Waals surface area contributed by atoms with E-state index in [2.05, 4.69) is 12.2 Å². The standard InChI is InChI=1S/C17H22FN3O2/c1-12-5-2-3-8-20(12)17(23)19-14-10-16(22)21(11-14)15-7-4-6-13(18)9-15/h4,6-7,9,12,14H,2-3,5,8,10-11H2,1H3,(H,19,23)/t12-,14+/m1/s1. The molecule has 2 aliphatic rings. The molecule has 124 valence electrons. The molecule has 3 rings (SSSR count). The fraction of sp³-hybridized carbons (Fsp3) is 0.529. The Bertz CT molecular complexity index is 607. The normalized spacial score (nSPS) is 24.9. The van der Waals surface area contributed by atoms with Crippen LogP contribution in [0, 0.1) is 5.82 Å². The molecule has 3 amide bonds. The molecule has 0 aromatic heterocycles. The van der Waals surface area contributed by atoms with Crippen LogP contribution in [0.25, 0.3) is 0 Å². The van der Waals surface area contributed by atoms with Gasteiger partial charge in [-0.1, -0.05) is 6.07 Å². The number of nitrogens with zero attached hydrogens (tertiary/aromatic N) is 2. The van der Waals surface area contributed by atoms with Crippen molar-refractivity contribution in [1.29, 1.82) is 0 Å². The van der Waals surface area contributed by atoms with E-state index in [1.165, 1.54) is 17.0 Å². The molecule has 1 aromatic rings. The Morgan fingerprint density at radius 2 is 2.17 bits per heavy atom. The number of carbonyl (C=O) groups is 2. The molecule has 0 spiro atoms. The highest BCUT2D eigenvalue weighted by molar-refractivity contribution is 5.96. The van der Waals surface area contributed by atoms with E-state index in [-0.39, 0.29) is 36.3 Å². The van der Waals surface area contributed by atoms with Crippen molar-refractivity contribution in [2.45, 2.75) is 44.7 Å². The second kappa shape index (κ2) is 6.56. The van der Waals surface area contributed by atoms with Crippen LogP contribution in [-0.4, -0.2) is 42.0 Å². The Morgan fingerprint density at radius 1 is 1.35 bits per heavy atom. The molecule has 1 aromatic carbocycles. The summed E-state index contributed by atoms with van der Waals surface area (Å²) in [4.78, 5) is 27.9. The van der Waals surface area contributed by atoms with Crippen molar-refractivity contribution in [1.82, 2.24) is 10.2 Å². The van der Waals surface area contributed by atoms with E-state index < -0.39 is 0 Å². The van der Waals surface area contributed by atoms with Crippen LogP contribution in [0.4, 0.5) is 14.9 Å². The predicted molar refractivity (Wildman–Crippen MR) is 85.7 cm³/mol. The molecule has 0 aliphatic carbocycles. The summed E-state index contributed by atoms with van der Waals surface area (Å²) in [6.07, 6.45) is 3.45. The first kappa shape index (κ1) is 15.8. The minimum atomic E-state index is -0.370. The molecule has 2 fully saturated rings. The maximum Gasteiger partial charge on any atom is 0.317 e. The van der Waals surface area contributed by atoms with Crippen molar-refractivity contribution >= 4 is 17.6 Å². The molecule has 0 unspecified atom stereocenters. The third kappa shape index (κ3) is 3.46. The Morgan fingerprint density at radius 3 is 2.91 bits per heavy atom. The summed E-state index contributed by atoms with van der Waals surface area (Å²) >= 11 is 0. The lowest BCUT2D eigenvalue weighted by atomic mass is 10.0. The third-order valence-electron chi connectivity index (χ3n) is 4.64. The van der Waals surface area contributed by atoms with Gasteiger partial charge in [0.05, 0.1) is 6.04 Å². The highest BCUT2D eigenvalue weighted by Crippen LogP contribution is 2.23. The van der Waals surface area contributed by atoms with Crippen LogP contribution in [0.3, 0.4) is 0 Å². The maximum atomic E-state index is 13.3. The minimum absolute atomic E-state index is 0.0902. The van der Waals surface area contributed by atoms with Gasteiger partial charge >= 0.3 is 6.03 Å². The number of nitrogens with one attached hydrogen (secondary N) is 1. The number of carbonyl (C=O) groups excluding carboxylic acids is 2. The van der Waals surface area contributed by atoms with Crippen LogP contribution in [-0.2, 0) is 4.79 Å². The van der Waals surface area contributed by atoms with Crippen molar-refractivity contribution < 1.29 is 14.0 Å². The summed E-state index contributed by atoms with van der Waals surface area (Å²) < 4.78 is 13.3. The van der Waals surface area contributed by atoms with Gasteiger partial charge in [0.25, 0.3) is 0 Å². The fourth-order valence-corrected chi connectivity index (χ4v) is 3.36. The summed E-state index contributed by atoms with van der Waals surface area (Å²) in [6, 6.07) is 5.89. The van der Waals surface area contributed by atoms with Gasteiger partial charge in [0, 0.05) is 31.2 Å². The van der Waals surface area contributed by atoms with E-state index in [1.807, 2.05) is 4.90 Å². The molecule has 1 N–H and O–H groups in total. The van der Waals surface area contributed by atoms with E-state index in [4.69, 9.17) is 0 Å². The van der Waals surface area contributed by atoms with E-state index in [1.54, 1.807) is 12.1 Å². The molecule has 0 bridgehead atoms. The Balaban J connectivity index is 1.62. The van der Waals surface area contributed by atoms with Gasteiger partial charge in [-0.15, -0.1) is 0 Å². The molecule has 2 atom stereocenters. The summed E-state index contributed by atoms with van der Waals surface area (Å²) in [6.45, 7) is 3.20. The lowest BCUT2D eigenvalue weighted by Crippen LogP contribution is -2.50. The number of hydrogen-bond acceptors (Lipinski definition) is 2. The lowest BCUT2D eigenvalue weighted by Gasteiger charge is -2.34. The van der Waals surface area contributed by atoms with Crippen LogP contribution >= 0.6 is 0 Å². The molecular weight excluding hydrogens is 297 g/mol. The van der Waals surface area contributed by atoms with Crippen molar-refractivity contribution in [2.24, 2.45) is 0 Å². The van der Waals surface area contributed by atoms with Gasteiger partial charge in [-0.3, -0.25) is 4.79 Å². The summed E-state index contributed by atoms with van der Waals surface area (Å²) in [5, 5.41) is 2.95. The molecular formula is C17H22FN3O2. The van der Waals surface area contributed by atoms with Crippen LogP contribution in [0.2, 0.25) is 0 Å². The van der Waals surface area contributed by atoms with E-state index in [0.29, 0.717) is 12.2 Å². The molecule has 5 nitrogen and oxygen atoms in total. The first-order valence-corrected chi connectivity index (χ1v) is 8.17. The van der Waals surface area contributed by atoms with Gasteiger partial charge in [-0.2, -0.15) is 0 Å². The highest BCUT2D eigenvalue weighted by Gasteiger charge is 2.33. The average molecular weight is 319 g/mol. The van der Waals surface area contributed by atoms with E-state index in [0.717, 1.165) is 25.8 Å². The Kier molecular flexibility index (Phi) is 4.50. The maximum absolute atomic E-state index is 13.3. The average Bonchev–Trinajstić information content (AvgIpc) is 2.88. The second-order valence-corrected chi connectivity index (χ2v) is 6.37. The molecule has 6 heteroatoms. The number of hydrogen-bond donors (Lipinski definition) is 1. The summed E-state index contributed by atoms with van der Waals surface area (Å²) in [7, 11) is 0. The van der Waals surface area contributed by atoms with Crippen LogP contribution in [0.15, 0.2) is 24.3 Å². The number of urea groups is 1. The fourth-order valence-electron chi connectivity index (χ4n) is 3.36. The van der Waals surface area contributed by atoms with Gasteiger partial charge in [-0.25, -0.2) is 9.18 Å². The Hall–Kier alpha value is -2.11. The monoisotopic (exact) mass is 319 g/mol. The van der Waals surface area contributed by atoms with Crippen LogP contribution in [0.1, 0.15) is 32.6 Å².